The van der Waals surface area contributed by atoms with Crippen molar-refractivity contribution in [3.05, 3.63) is 65.7 Å². The third-order valence-corrected chi connectivity index (χ3v) is 5.83. The summed E-state index contributed by atoms with van der Waals surface area (Å²) in [5.41, 5.74) is 1.33. The van der Waals surface area contributed by atoms with Crippen LogP contribution >= 0.6 is 0 Å². The number of anilines is 2. The molecule has 0 radical (unpaired) electrons. The van der Waals surface area contributed by atoms with Crippen molar-refractivity contribution < 1.29 is 19.5 Å². The molecule has 1 aromatic heterocycles. The van der Waals surface area contributed by atoms with E-state index in [1.165, 1.54) is 25.1 Å². The molecule has 1 saturated heterocycles. The van der Waals surface area contributed by atoms with Crippen LogP contribution in [0.2, 0.25) is 0 Å². The Kier molecular flexibility index (Phi) is 7.74. The number of carbonyl (C=O) groups excluding carboxylic acids is 3. The highest BCUT2D eigenvalue weighted by molar-refractivity contribution is 5.98. The van der Waals surface area contributed by atoms with Gasteiger partial charge < -0.3 is 25.5 Å². The first-order chi connectivity index (χ1) is 17.4. The largest absolute Gasteiger partial charge is 0.507 e. The molecule has 0 atom stereocenters. The number of benzene rings is 2. The molecule has 4 rings (SSSR count). The van der Waals surface area contributed by atoms with E-state index in [0.29, 0.717) is 62.8 Å². The molecule has 0 spiro atoms. The molecule has 3 N–H and O–H groups in total. The number of aldehydes is 1. The number of nitrogens with zero attached hydrogens (tertiary/aromatic N) is 4. The summed E-state index contributed by atoms with van der Waals surface area (Å²) < 4.78 is 0. The van der Waals surface area contributed by atoms with Crippen LogP contribution in [0.4, 0.5) is 11.6 Å². The fourth-order valence-corrected chi connectivity index (χ4v) is 3.94. The van der Waals surface area contributed by atoms with Gasteiger partial charge in [-0.2, -0.15) is 0 Å². The Morgan fingerprint density at radius 2 is 1.75 bits per heavy atom. The first-order valence-corrected chi connectivity index (χ1v) is 11.7. The van der Waals surface area contributed by atoms with Crippen molar-refractivity contribution in [3.63, 3.8) is 0 Å². The molecule has 0 aliphatic carbocycles. The van der Waals surface area contributed by atoms with Gasteiger partial charge in [-0.25, -0.2) is 9.97 Å². The zero-order valence-corrected chi connectivity index (χ0v) is 20.0. The van der Waals surface area contributed by atoms with Gasteiger partial charge in [0.05, 0.1) is 5.56 Å². The Bertz CT molecular complexity index is 1240. The summed E-state index contributed by atoms with van der Waals surface area (Å²) in [6.45, 7) is 4.39. The number of phenols is 1. The maximum Gasteiger partial charge on any atom is 0.257 e. The SMILES string of the molecule is CC(=O)NCCNc1cc(N2CCN(C(=O)c3cc(C=O)ccc3O)CC2)nc(-c2ccccc2)n1. The average molecular weight is 489 g/mol. The molecule has 0 saturated carbocycles. The summed E-state index contributed by atoms with van der Waals surface area (Å²) in [5.74, 6) is 1.38. The van der Waals surface area contributed by atoms with Crippen LogP contribution in [0.5, 0.6) is 5.75 Å². The van der Waals surface area contributed by atoms with Gasteiger partial charge in [-0.15, -0.1) is 0 Å². The fourth-order valence-electron chi connectivity index (χ4n) is 3.94. The van der Waals surface area contributed by atoms with Crippen molar-refractivity contribution in [2.75, 3.05) is 49.5 Å². The van der Waals surface area contributed by atoms with Crippen LogP contribution in [0.1, 0.15) is 27.6 Å². The van der Waals surface area contributed by atoms with Gasteiger partial charge in [0, 0.05) is 63.4 Å². The van der Waals surface area contributed by atoms with Crippen LogP contribution in [0, 0.1) is 0 Å². The highest BCUT2D eigenvalue weighted by atomic mass is 16.3. The van der Waals surface area contributed by atoms with E-state index in [9.17, 15) is 19.5 Å². The van der Waals surface area contributed by atoms with Crippen LogP contribution in [0.15, 0.2) is 54.6 Å². The van der Waals surface area contributed by atoms with E-state index in [1.807, 2.05) is 36.4 Å². The smallest absolute Gasteiger partial charge is 0.257 e. The number of hydrogen-bond donors (Lipinski definition) is 3. The zero-order chi connectivity index (χ0) is 25.5. The Hall–Kier alpha value is -4.47. The van der Waals surface area contributed by atoms with Crippen LogP contribution in [0.3, 0.4) is 0 Å². The second-order valence-corrected chi connectivity index (χ2v) is 8.38. The molecule has 0 bridgehead atoms. The molecule has 36 heavy (non-hydrogen) atoms. The minimum Gasteiger partial charge on any atom is -0.507 e. The monoisotopic (exact) mass is 488 g/mol. The van der Waals surface area contributed by atoms with Gasteiger partial charge in [0.2, 0.25) is 5.91 Å². The zero-order valence-electron chi connectivity index (χ0n) is 20.0. The van der Waals surface area contributed by atoms with Gasteiger partial charge in [-0.05, 0) is 18.2 Å². The molecule has 186 valence electrons. The molecule has 0 unspecified atom stereocenters. The lowest BCUT2D eigenvalue weighted by Gasteiger charge is -2.35. The number of nitrogens with one attached hydrogen (secondary N) is 2. The average Bonchev–Trinajstić information content (AvgIpc) is 2.91. The number of piperazine rings is 1. The van der Waals surface area contributed by atoms with Gasteiger partial charge in [0.1, 0.15) is 23.7 Å². The molecule has 1 aliphatic rings. The van der Waals surface area contributed by atoms with Crippen molar-refractivity contribution in [2.45, 2.75) is 6.92 Å². The van der Waals surface area contributed by atoms with E-state index in [2.05, 4.69) is 20.5 Å². The first kappa shape index (κ1) is 24.6. The highest BCUT2D eigenvalue weighted by Gasteiger charge is 2.25. The van der Waals surface area contributed by atoms with Crippen molar-refractivity contribution in [1.82, 2.24) is 20.2 Å². The van der Waals surface area contributed by atoms with E-state index in [-0.39, 0.29) is 23.1 Å². The number of aromatic nitrogens is 2. The lowest BCUT2D eigenvalue weighted by molar-refractivity contribution is -0.118. The van der Waals surface area contributed by atoms with E-state index < -0.39 is 0 Å². The second kappa shape index (κ2) is 11.3. The van der Waals surface area contributed by atoms with Crippen molar-refractivity contribution >= 4 is 29.7 Å². The number of phenolic OH excluding ortho intramolecular Hbond substituents is 1. The standard InChI is InChI=1S/C26H28N6O4/c1-18(34)27-9-10-28-23-16-24(30-25(29-23)20-5-3-2-4-6-20)31-11-13-32(14-12-31)26(36)21-15-19(17-33)7-8-22(21)35/h2-8,15-17,35H,9-14H2,1H3,(H,27,34)(H,28,29,30). The lowest BCUT2D eigenvalue weighted by atomic mass is 10.1. The molecule has 3 aromatic rings. The fraction of sp³-hybridized carbons (Fsp3) is 0.269. The van der Waals surface area contributed by atoms with Gasteiger partial charge in [0.25, 0.3) is 5.91 Å². The normalized spacial score (nSPS) is 13.2. The molecular weight excluding hydrogens is 460 g/mol. The Morgan fingerprint density at radius 3 is 2.44 bits per heavy atom. The quantitative estimate of drug-likeness (QED) is 0.325. The van der Waals surface area contributed by atoms with E-state index in [1.54, 1.807) is 4.90 Å². The molecule has 10 heteroatoms. The molecule has 10 nitrogen and oxygen atoms in total. The van der Waals surface area contributed by atoms with E-state index >= 15 is 0 Å². The minimum atomic E-state index is -0.316. The molecular formula is C26H28N6O4. The number of hydrogen-bond acceptors (Lipinski definition) is 8. The molecule has 2 amide bonds. The molecule has 2 aromatic carbocycles. The Labute approximate surface area is 209 Å². The van der Waals surface area contributed by atoms with E-state index in [0.717, 1.165) is 11.4 Å². The summed E-state index contributed by atoms with van der Waals surface area (Å²) in [6.07, 6.45) is 0.648. The third-order valence-electron chi connectivity index (χ3n) is 5.83. The first-order valence-electron chi connectivity index (χ1n) is 11.7. The maximum absolute atomic E-state index is 13.0. The van der Waals surface area contributed by atoms with Crippen LogP contribution in [-0.4, -0.2) is 77.3 Å². The topological polar surface area (TPSA) is 128 Å². The number of amides is 2. The Morgan fingerprint density at radius 1 is 1.00 bits per heavy atom. The number of aromatic hydroxyl groups is 1. The summed E-state index contributed by atoms with van der Waals surface area (Å²) in [7, 11) is 0. The number of carbonyl (C=O) groups is 3. The summed E-state index contributed by atoms with van der Waals surface area (Å²) in [6, 6.07) is 15.8. The van der Waals surface area contributed by atoms with Crippen LogP contribution in [0.25, 0.3) is 11.4 Å². The van der Waals surface area contributed by atoms with Gasteiger partial charge >= 0.3 is 0 Å². The summed E-state index contributed by atoms with van der Waals surface area (Å²) >= 11 is 0. The van der Waals surface area contributed by atoms with Gasteiger partial charge in [-0.1, -0.05) is 30.3 Å². The maximum atomic E-state index is 13.0. The summed E-state index contributed by atoms with van der Waals surface area (Å²) in [5, 5.41) is 16.1. The van der Waals surface area contributed by atoms with Crippen LogP contribution < -0.4 is 15.5 Å². The second-order valence-electron chi connectivity index (χ2n) is 8.38. The van der Waals surface area contributed by atoms with Gasteiger partial charge in [-0.3, -0.25) is 14.4 Å². The van der Waals surface area contributed by atoms with E-state index in [4.69, 9.17) is 4.98 Å². The predicted octanol–water partition coefficient (Wildman–Crippen LogP) is 2.17. The van der Waals surface area contributed by atoms with Crippen LogP contribution in [-0.2, 0) is 4.79 Å². The van der Waals surface area contributed by atoms with Crippen molar-refractivity contribution in [3.8, 4) is 17.1 Å². The minimum absolute atomic E-state index is 0.0937. The molecule has 1 fully saturated rings. The molecule has 1 aliphatic heterocycles. The Balaban J connectivity index is 1.49. The predicted molar refractivity (Wildman–Crippen MR) is 136 cm³/mol. The summed E-state index contributed by atoms with van der Waals surface area (Å²) in [4.78, 5) is 48.4. The highest BCUT2D eigenvalue weighted by Crippen LogP contribution is 2.25. The van der Waals surface area contributed by atoms with Gasteiger partial charge in [0.15, 0.2) is 5.82 Å². The van der Waals surface area contributed by atoms with Crippen molar-refractivity contribution in [1.29, 1.82) is 0 Å². The molecule has 2 heterocycles. The third kappa shape index (κ3) is 5.96. The van der Waals surface area contributed by atoms with Crippen molar-refractivity contribution in [2.24, 2.45) is 0 Å². The lowest BCUT2D eigenvalue weighted by Crippen LogP contribution is -2.49. The number of rotatable bonds is 8.